The first-order chi connectivity index (χ1) is 10.0. The molecular formula is C14H20ClNO5. The van der Waals surface area contributed by atoms with Gasteiger partial charge < -0.3 is 24.7 Å². The van der Waals surface area contributed by atoms with Gasteiger partial charge in [0.05, 0.1) is 33.5 Å². The molecule has 21 heavy (non-hydrogen) atoms. The Morgan fingerprint density at radius 2 is 1.90 bits per heavy atom. The molecule has 0 aromatic heterocycles. The van der Waals surface area contributed by atoms with Crippen LogP contribution >= 0.6 is 11.6 Å². The van der Waals surface area contributed by atoms with E-state index in [2.05, 4.69) is 0 Å². The molecule has 0 saturated heterocycles. The van der Waals surface area contributed by atoms with Gasteiger partial charge in [-0.2, -0.15) is 0 Å². The molecule has 6 nitrogen and oxygen atoms in total. The number of methoxy groups -OCH3 is 2. The molecule has 1 atom stereocenters. The van der Waals surface area contributed by atoms with Crippen LogP contribution in [0.4, 0.5) is 0 Å². The van der Waals surface area contributed by atoms with Crippen molar-refractivity contribution in [2.45, 2.75) is 13.0 Å². The molecule has 0 fully saturated rings. The van der Waals surface area contributed by atoms with E-state index >= 15 is 0 Å². The highest BCUT2D eigenvalue weighted by atomic mass is 35.5. The lowest BCUT2D eigenvalue weighted by atomic mass is 10.1. The quantitative estimate of drug-likeness (QED) is 0.738. The van der Waals surface area contributed by atoms with Crippen molar-refractivity contribution < 1.29 is 23.7 Å². The third kappa shape index (κ3) is 5.08. The van der Waals surface area contributed by atoms with Crippen LogP contribution in [-0.2, 0) is 14.3 Å². The van der Waals surface area contributed by atoms with Crippen LogP contribution in [0, 0.1) is 0 Å². The topological polar surface area (TPSA) is 80.0 Å². The molecule has 1 unspecified atom stereocenters. The summed E-state index contributed by atoms with van der Waals surface area (Å²) in [5.74, 6) is 0.617. The third-order valence-electron chi connectivity index (χ3n) is 2.72. The van der Waals surface area contributed by atoms with Crippen molar-refractivity contribution in [3.05, 3.63) is 22.7 Å². The highest BCUT2D eigenvalue weighted by Gasteiger charge is 2.16. The summed E-state index contributed by atoms with van der Waals surface area (Å²) in [5.41, 5.74) is 6.66. The summed E-state index contributed by atoms with van der Waals surface area (Å²) in [6, 6.07) is 2.83. The van der Waals surface area contributed by atoms with Gasteiger partial charge in [-0.25, -0.2) is 4.79 Å². The summed E-state index contributed by atoms with van der Waals surface area (Å²) in [6.45, 7) is 2.03. The van der Waals surface area contributed by atoms with Gasteiger partial charge in [-0.15, -0.1) is 0 Å². The van der Waals surface area contributed by atoms with Crippen LogP contribution < -0.4 is 15.2 Å². The largest absolute Gasteiger partial charge is 0.493 e. The van der Waals surface area contributed by atoms with Gasteiger partial charge >= 0.3 is 5.97 Å². The Kier molecular flexibility index (Phi) is 7.28. The van der Waals surface area contributed by atoms with Crippen LogP contribution in [0.25, 0.3) is 0 Å². The summed E-state index contributed by atoms with van der Waals surface area (Å²) in [4.78, 5) is 11.2. The molecule has 118 valence electrons. The number of ether oxygens (including phenoxy) is 4. The van der Waals surface area contributed by atoms with Crippen molar-refractivity contribution in [2.75, 3.05) is 34.0 Å². The van der Waals surface area contributed by atoms with E-state index in [-0.39, 0.29) is 13.2 Å². The monoisotopic (exact) mass is 317 g/mol. The molecule has 0 aliphatic heterocycles. The maximum Gasteiger partial charge on any atom is 0.332 e. The smallest absolute Gasteiger partial charge is 0.332 e. The zero-order valence-electron chi connectivity index (χ0n) is 12.3. The second kappa shape index (κ2) is 8.71. The van der Waals surface area contributed by atoms with Gasteiger partial charge in [-0.1, -0.05) is 11.6 Å². The van der Waals surface area contributed by atoms with Crippen LogP contribution in [0.2, 0.25) is 5.02 Å². The average Bonchev–Trinajstić information content (AvgIpc) is 2.46. The normalized spacial score (nSPS) is 11.9. The highest BCUT2D eigenvalue weighted by Crippen LogP contribution is 2.35. The molecule has 7 heteroatoms. The Labute approximate surface area is 129 Å². The number of nitrogens with two attached hydrogens (primary N) is 1. The lowest BCUT2D eigenvalue weighted by molar-refractivity contribution is -0.148. The highest BCUT2D eigenvalue weighted by molar-refractivity contribution is 6.31. The van der Waals surface area contributed by atoms with Crippen molar-refractivity contribution in [3.8, 4) is 11.5 Å². The van der Waals surface area contributed by atoms with E-state index in [9.17, 15) is 4.79 Å². The zero-order valence-corrected chi connectivity index (χ0v) is 13.1. The van der Waals surface area contributed by atoms with Gasteiger partial charge in [0, 0.05) is 11.1 Å². The predicted molar refractivity (Wildman–Crippen MR) is 78.9 cm³/mol. The summed E-state index contributed by atoms with van der Waals surface area (Å²) < 4.78 is 20.3. The number of esters is 1. The van der Waals surface area contributed by atoms with E-state index in [1.165, 1.54) is 14.2 Å². The first-order valence-corrected chi connectivity index (χ1v) is 6.81. The molecule has 0 radical (unpaired) electrons. The van der Waals surface area contributed by atoms with Crippen molar-refractivity contribution in [1.29, 1.82) is 0 Å². The fraction of sp³-hybridized carbons (Fsp3) is 0.500. The van der Waals surface area contributed by atoms with Crippen molar-refractivity contribution in [3.63, 3.8) is 0 Å². The van der Waals surface area contributed by atoms with Gasteiger partial charge in [0.25, 0.3) is 0 Å². The number of carbonyl (C=O) groups excluding carboxylic acids is 1. The first-order valence-electron chi connectivity index (χ1n) is 6.43. The van der Waals surface area contributed by atoms with Gasteiger partial charge in [-0.3, -0.25) is 0 Å². The predicted octanol–water partition coefficient (Wildman–Crippen LogP) is 1.94. The van der Waals surface area contributed by atoms with Crippen LogP contribution in [0.5, 0.6) is 11.5 Å². The van der Waals surface area contributed by atoms with Crippen LogP contribution in [0.1, 0.15) is 18.5 Å². The molecule has 0 amide bonds. The molecule has 0 bridgehead atoms. The summed E-state index contributed by atoms with van der Waals surface area (Å²) in [7, 11) is 3.05. The standard InChI is InChI=1S/C14H20ClNO5/c1-4-21-14(17)8-20-7-11(16)9-5-12(18-2)13(19-3)6-10(9)15/h5-6,11H,4,7-8,16H2,1-3H3. The minimum atomic E-state index is -0.494. The first kappa shape index (κ1) is 17.6. The van der Waals surface area contributed by atoms with Gasteiger partial charge in [0.1, 0.15) is 6.61 Å². The number of halogens is 1. The molecule has 1 aromatic rings. The Hall–Kier alpha value is -1.50. The lowest BCUT2D eigenvalue weighted by Crippen LogP contribution is -2.21. The Balaban J connectivity index is 2.69. The van der Waals surface area contributed by atoms with Gasteiger partial charge in [-0.05, 0) is 18.6 Å². The lowest BCUT2D eigenvalue weighted by Gasteiger charge is -2.16. The average molecular weight is 318 g/mol. The molecular weight excluding hydrogens is 298 g/mol. The van der Waals surface area contributed by atoms with Crippen molar-refractivity contribution in [1.82, 2.24) is 0 Å². The fourth-order valence-electron chi connectivity index (χ4n) is 1.72. The molecule has 1 aromatic carbocycles. The van der Waals surface area contributed by atoms with E-state index in [4.69, 9.17) is 36.3 Å². The number of benzene rings is 1. The maximum absolute atomic E-state index is 11.2. The molecule has 0 aliphatic carbocycles. The van der Waals surface area contributed by atoms with E-state index in [1.807, 2.05) is 0 Å². The second-order valence-corrected chi connectivity index (χ2v) is 4.56. The minimum absolute atomic E-state index is 0.133. The summed E-state index contributed by atoms with van der Waals surface area (Å²) in [6.07, 6.45) is 0. The molecule has 2 N–H and O–H groups in total. The van der Waals surface area contributed by atoms with E-state index < -0.39 is 12.0 Å². The Morgan fingerprint density at radius 1 is 1.29 bits per heavy atom. The fourth-order valence-corrected chi connectivity index (χ4v) is 2.01. The number of carbonyl (C=O) groups is 1. The molecule has 0 saturated carbocycles. The van der Waals surface area contributed by atoms with Crippen molar-refractivity contribution >= 4 is 17.6 Å². The van der Waals surface area contributed by atoms with E-state index in [0.717, 1.165) is 0 Å². The Morgan fingerprint density at radius 3 is 2.48 bits per heavy atom. The number of hydrogen-bond acceptors (Lipinski definition) is 6. The van der Waals surface area contributed by atoms with Crippen LogP contribution in [-0.4, -0.2) is 40.0 Å². The van der Waals surface area contributed by atoms with Crippen LogP contribution in [0.15, 0.2) is 12.1 Å². The van der Waals surface area contributed by atoms with E-state index in [1.54, 1.807) is 19.1 Å². The van der Waals surface area contributed by atoms with Gasteiger partial charge in [0.15, 0.2) is 11.5 Å². The van der Waals surface area contributed by atoms with Crippen molar-refractivity contribution in [2.24, 2.45) is 5.73 Å². The van der Waals surface area contributed by atoms with Crippen LogP contribution in [0.3, 0.4) is 0 Å². The summed E-state index contributed by atoms with van der Waals surface area (Å²) >= 11 is 6.16. The maximum atomic E-state index is 11.2. The zero-order chi connectivity index (χ0) is 15.8. The number of rotatable bonds is 8. The Bertz CT molecular complexity index is 481. The molecule has 0 aliphatic rings. The molecule has 0 spiro atoms. The second-order valence-electron chi connectivity index (χ2n) is 4.16. The SMILES string of the molecule is CCOC(=O)COCC(N)c1cc(OC)c(OC)cc1Cl. The number of hydrogen-bond donors (Lipinski definition) is 1. The molecule has 0 heterocycles. The van der Waals surface area contributed by atoms with Gasteiger partial charge in [0.2, 0.25) is 0 Å². The van der Waals surface area contributed by atoms with E-state index in [0.29, 0.717) is 28.7 Å². The third-order valence-corrected chi connectivity index (χ3v) is 3.05. The minimum Gasteiger partial charge on any atom is -0.493 e. The summed E-state index contributed by atoms with van der Waals surface area (Å²) in [5, 5.41) is 0.444. The molecule has 1 rings (SSSR count).